The van der Waals surface area contributed by atoms with Gasteiger partial charge in [0.25, 0.3) is 0 Å². The van der Waals surface area contributed by atoms with Crippen LogP contribution in [0.5, 0.6) is 0 Å². The maximum Gasteiger partial charge on any atom is 0.408 e. The fourth-order valence-corrected chi connectivity index (χ4v) is 2.37. The first-order valence-electron chi connectivity index (χ1n) is 9.17. The summed E-state index contributed by atoms with van der Waals surface area (Å²) >= 11 is 0. The fraction of sp³-hybridized carbons (Fsp3) is 0.286. The molecule has 0 heterocycles. The number of ether oxygens (including phenoxy) is 2. The van der Waals surface area contributed by atoms with Gasteiger partial charge in [0.2, 0.25) is 5.91 Å². The van der Waals surface area contributed by atoms with E-state index in [0.29, 0.717) is 0 Å². The molecule has 0 fully saturated rings. The smallest absolute Gasteiger partial charge is 0.408 e. The number of alkyl carbamates (subject to hydrolysis) is 1. The minimum absolute atomic E-state index is 0.0633. The first-order valence-corrected chi connectivity index (χ1v) is 9.17. The van der Waals surface area contributed by atoms with Crippen LogP contribution in [0.1, 0.15) is 18.1 Å². The standard InChI is InChI=1S/C21H25N3O5/c1-15(20(26)28-13-16-8-4-2-5-9-16)23-19(25)18(12-22)24-21(27)29-14-17-10-6-3-7-11-17/h2-11,15,18H,12-14,22H2,1H3,(H,23,25)(H,24,27)/t15-,18-/m0/s1. The predicted molar refractivity (Wildman–Crippen MR) is 106 cm³/mol. The Morgan fingerprint density at radius 3 is 1.90 bits per heavy atom. The molecule has 0 aliphatic carbocycles. The van der Waals surface area contributed by atoms with E-state index in [4.69, 9.17) is 15.2 Å². The molecule has 2 rings (SSSR count). The molecular formula is C21H25N3O5. The van der Waals surface area contributed by atoms with Gasteiger partial charge in [-0.1, -0.05) is 60.7 Å². The van der Waals surface area contributed by atoms with Gasteiger partial charge >= 0.3 is 12.1 Å². The molecule has 0 radical (unpaired) electrons. The van der Waals surface area contributed by atoms with Gasteiger partial charge in [0.05, 0.1) is 0 Å². The van der Waals surface area contributed by atoms with E-state index in [9.17, 15) is 14.4 Å². The van der Waals surface area contributed by atoms with Crippen LogP contribution in [0.3, 0.4) is 0 Å². The summed E-state index contributed by atoms with van der Waals surface area (Å²) in [5.41, 5.74) is 7.21. The number of esters is 1. The summed E-state index contributed by atoms with van der Waals surface area (Å²) in [6.07, 6.45) is -0.779. The Bertz CT molecular complexity index is 798. The highest BCUT2D eigenvalue weighted by atomic mass is 16.5. The Morgan fingerprint density at radius 1 is 0.862 bits per heavy atom. The van der Waals surface area contributed by atoms with Gasteiger partial charge in [0, 0.05) is 6.54 Å². The molecular weight excluding hydrogens is 374 g/mol. The summed E-state index contributed by atoms with van der Waals surface area (Å²) in [5, 5.41) is 4.87. The van der Waals surface area contributed by atoms with Crippen molar-refractivity contribution in [2.45, 2.75) is 32.2 Å². The van der Waals surface area contributed by atoms with Crippen molar-refractivity contribution in [2.24, 2.45) is 5.73 Å². The monoisotopic (exact) mass is 399 g/mol. The minimum Gasteiger partial charge on any atom is -0.459 e. The molecule has 0 aliphatic heterocycles. The van der Waals surface area contributed by atoms with Crippen molar-refractivity contribution in [3.63, 3.8) is 0 Å². The van der Waals surface area contributed by atoms with Crippen molar-refractivity contribution in [2.75, 3.05) is 6.54 Å². The molecule has 2 aromatic rings. The van der Waals surface area contributed by atoms with Gasteiger partial charge in [-0.15, -0.1) is 0 Å². The molecule has 2 atom stereocenters. The first-order chi connectivity index (χ1) is 14.0. The van der Waals surface area contributed by atoms with E-state index in [1.807, 2.05) is 60.7 Å². The number of nitrogens with two attached hydrogens (primary N) is 1. The van der Waals surface area contributed by atoms with E-state index < -0.39 is 30.1 Å². The molecule has 2 amide bonds. The molecule has 0 unspecified atom stereocenters. The van der Waals surface area contributed by atoms with Crippen molar-refractivity contribution in [1.82, 2.24) is 10.6 Å². The highest BCUT2D eigenvalue weighted by Crippen LogP contribution is 2.03. The third-order valence-corrected chi connectivity index (χ3v) is 3.99. The third-order valence-electron chi connectivity index (χ3n) is 3.99. The molecule has 8 nitrogen and oxygen atoms in total. The highest BCUT2D eigenvalue weighted by molar-refractivity contribution is 5.89. The van der Waals surface area contributed by atoms with E-state index in [1.54, 1.807) is 0 Å². The number of carbonyl (C=O) groups excluding carboxylic acids is 3. The highest BCUT2D eigenvalue weighted by Gasteiger charge is 2.24. The van der Waals surface area contributed by atoms with Crippen LogP contribution in [0.25, 0.3) is 0 Å². The molecule has 0 saturated heterocycles. The van der Waals surface area contributed by atoms with Crippen molar-refractivity contribution in [1.29, 1.82) is 0 Å². The Morgan fingerprint density at radius 2 is 1.38 bits per heavy atom. The molecule has 0 aliphatic rings. The van der Waals surface area contributed by atoms with Crippen LogP contribution in [0, 0.1) is 0 Å². The Kier molecular flexibility index (Phi) is 8.65. The number of amides is 2. The summed E-state index contributed by atoms with van der Waals surface area (Å²) in [6.45, 7) is 1.50. The molecule has 29 heavy (non-hydrogen) atoms. The maximum absolute atomic E-state index is 12.3. The lowest BCUT2D eigenvalue weighted by atomic mass is 10.2. The predicted octanol–water partition coefficient (Wildman–Crippen LogP) is 1.49. The lowest BCUT2D eigenvalue weighted by molar-refractivity contribution is -0.148. The second kappa shape index (κ2) is 11.5. The number of hydrogen-bond donors (Lipinski definition) is 3. The maximum atomic E-state index is 12.3. The SMILES string of the molecule is C[C@H](NC(=O)[C@H](CN)NC(=O)OCc1ccccc1)C(=O)OCc1ccccc1. The molecule has 154 valence electrons. The topological polar surface area (TPSA) is 120 Å². The van der Waals surface area contributed by atoms with Gasteiger partial charge in [-0.05, 0) is 18.1 Å². The van der Waals surface area contributed by atoms with Crippen LogP contribution >= 0.6 is 0 Å². The summed E-state index contributed by atoms with van der Waals surface area (Å²) in [4.78, 5) is 36.3. The molecule has 0 spiro atoms. The van der Waals surface area contributed by atoms with Gasteiger partial charge in [-0.25, -0.2) is 9.59 Å². The van der Waals surface area contributed by atoms with Gasteiger partial charge in [-0.2, -0.15) is 0 Å². The van der Waals surface area contributed by atoms with Gasteiger partial charge in [0.1, 0.15) is 25.3 Å². The summed E-state index contributed by atoms with van der Waals surface area (Å²) in [6, 6.07) is 16.4. The average molecular weight is 399 g/mol. The second-order valence-corrected chi connectivity index (χ2v) is 6.32. The zero-order valence-electron chi connectivity index (χ0n) is 16.2. The molecule has 0 saturated carbocycles. The van der Waals surface area contributed by atoms with Crippen LogP contribution in [-0.2, 0) is 32.3 Å². The largest absolute Gasteiger partial charge is 0.459 e. The van der Waals surface area contributed by atoms with E-state index in [2.05, 4.69) is 10.6 Å². The van der Waals surface area contributed by atoms with Gasteiger partial charge < -0.3 is 25.8 Å². The summed E-state index contributed by atoms with van der Waals surface area (Å²) in [5.74, 6) is -1.20. The van der Waals surface area contributed by atoms with Crippen molar-refractivity contribution >= 4 is 18.0 Å². The average Bonchev–Trinajstić information content (AvgIpc) is 2.75. The first kappa shape index (κ1) is 21.9. The summed E-state index contributed by atoms with van der Waals surface area (Å²) < 4.78 is 10.2. The Labute approximate surface area is 169 Å². The van der Waals surface area contributed by atoms with Crippen molar-refractivity contribution in [3.8, 4) is 0 Å². The lowest BCUT2D eigenvalue weighted by Crippen LogP contribution is -2.54. The van der Waals surface area contributed by atoms with Gasteiger partial charge in [0.15, 0.2) is 0 Å². The van der Waals surface area contributed by atoms with Gasteiger partial charge in [-0.3, -0.25) is 4.79 Å². The number of benzene rings is 2. The van der Waals surface area contributed by atoms with Crippen LogP contribution < -0.4 is 16.4 Å². The fourth-order valence-electron chi connectivity index (χ4n) is 2.37. The van der Waals surface area contributed by atoms with Crippen LogP contribution in [0.2, 0.25) is 0 Å². The number of nitrogens with one attached hydrogen (secondary N) is 2. The van der Waals surface area contributed by atoms with Crippen molar-refractivity contribution < 1.29 is 23.9 Å². The van der Waals surface area contributed by atoms with Crippen LogP contribution in [-0.4, -0.2) is 36.6 Å². The molecule has 8 heteroatoms. The quantitative estimate of drug-likeness (QED) is 0.550. The van der Waals surface area contributed by atoms with E-state index >= 15 is 0 Å². The molecule has 4 N–H and O–H groups in total. The Balaban J connectivity index is 1.76. The lowest BCUT2D eigenvalue weighted by Gasteiger charge is -2.19. The number of carbonyl (C=O) groups is 3. The molecule has 0 aromatic heterocycles. The minimum atomic E-state index is -1.04. The van der Waals surface area contributed by atoms with E-state index in [1.165, 1.54) is 6.92 Å². The molecule has 0 bridgehead atoms. The number of hydrogen-bond acceptors (Lipinski definition) is 6. The summed E-state index contributed by atoms with van der Waals surface area (Å²) in [7, 11) is 0. The Hall–Kier alpha value is -3.39. The zero-order valence-corrected chi connectivity index (χ0v) is 16.2. The normalized spacial score (nSPS) is 12.3. The molecule has 2 aromatic carbocycles. The van der Waals surface area contributed by atoms with Crippen LogP contribution in [0.15, 0.2) is 60.7 Å². The van der Waals surface area contributed by atoms with E-state index in [0.717, 1.165) is 11.1 Å². The zero-order chi connectivity index (χ0) is 21.1. The van der Waals surface area contributed by atoms with Crippen LogP contribution in [0.4, 0.5) is 4.79 Å². The third kappa shape index (κ3) is 7.63. The number of rotatable bonds is 9. The second-order valence-electron chi connectivity index (χ2n) is 6.32. The van der Waals surface area contributed by atoms with E-state index in [-0.39, 0.29) is 19.8 Å². The van der Waals surface area contributed by atoms with Crippen molar-refractivity contribution in [3.05, 3.63) is 71.8 Å².